The lowest BCUT2D eigenvalue weighted by molar-refractivity contribution is -0.170. The molecule has 2 aliphatic heterocycles. The van der Waals surface area contributed by atoms with Crippen molar-refractivity contribution in [1.82, 2.24) is 10.4 Å². The summed E-state index contributed by atoms with van der Waals surface area (Å²) < 4.78 is 44.5. The Bertz CT molecular complexity index is 477. The van der Waals surface area contributed by atoms with E-state index in [1.807, 2.05) is 13.8 Å². The molecule has 0 aromatic rings. The highest BCUT2D eigenvalue weighted by molar-refractivity contribution is 8.14. The second kappa shape index (κ2) is 5.60. The number of alkyl halides is 3. The van der Waals surface area contributed by atoms with Crippen molar-refractivity contribution in [2.75, 3.05) is 19.9 Å². The average Bonchev–Trinajstić information content (AvgIpc) is 2.85. The van der Waals surface area contributed by atoms with E-state index in [0.29, 0.717) is 11.5 Å². The average molecular weight is 325 g/mol. The van der Waals surface area contributed by atoms with Gasteiger partial charge in [-0.2, -0.15) is 13.2 Å². The molecule has 0 radical (unpaired) electrons. The quantitative estimate of drug-likeness (QED) is 0.864. The summed E-state index contributed by atoms with van der Waals surface area (Å²) in [5, 5.41) is 5.61. The summed E-state index contributed by atoms with van der Waals surface area (Å²) in [6, 6.07) is -1.70. The number of rotatable bonds is 3. The fourth-order valence-corrected chi connectivity index (χ4v) is 3.39. The van der Waals surface area contributed by atoms with Gasteiger partial charge in [-0.05, 0) is 13.8 Å². The molecule has 1 atom stereocenters. The van der Waals surface area contributed by atoms with Gasteiger partial charge in [0.1, 0.15) is 10.6 Å². The van der Waals surface area contributed by atoms with E-state index in [1.54, 1.807) is 0 Å². The van der Waals surface area contributed by atoms with Crippen LogP contribution in [0.25, 0.3) is 0 Å². The predicted molar refractivity (Wildman–Crippen MR) is 74.5 cm³/mol. The van der Waals surface area contributed by atoms with E-state index in [1.165, 1.54) is 25.9 Å². The number of thioether (sulfide) groups is 1. The van der Waals surface area contributed by atoms with Gasteiger partial charge in [0.05, 0.1) is 7.11 Å². The molecule has 2 aliphatic rings. The van der Waals surface area contributed by atoms with Gasteiger partial charge < -0.3 is 9.57 Å². The van der Waals surface area contributed by atoms with Gasteiger partial charge in [0.2, 0.25) is 5.88 Å². The Kier molecular flexibility index (Phi) is 4.34. The number of nitrogens with one attached hydrogen (secondary N) is 1. The molecule has 1 unspecified atom stereocenters. The van der Waals surface area contributed by atoms with Gasteiger partial charge in [-0.15, -0.1) is 11.8 Å². The molecule has 1 N–H and O–H groups in total. The molecule has 0 amide bonds. The van der Waals surface area contributed by atoms with E-state index < -0.39 is 17.8 Å². The van der Waals surface area contributed by atoms with Crippen LogP contribution in [0, 0.1) is 0 Å². The first-order valence-corrected chi connectivity index (χ1v) is 7.34. The van der Waals surface area contributed by atoms with Gasteiger partial charge in [0, 0.05) is 24.8 Å². The minimum atomic E-state index is -4.37. The Morgan fingerprint density at radius 3 is 2.67 bits per heavy atom. The SMILES string of the molecule is COC1=C(CSC2=NOC(C)(C)C2)C(C(F)(F)F)N(C)N1. The second-order valence-corrected chi connectivity index (χ2v) is 6.58. The van der Waals surface area contributed by atoms with Crippen LogP contribution in [0.4, 0.5) is 13.2 Å². The molecule has 0 aliphatic carbocycles. The van der Waals surface area contributed by atoms with Crippen LogP contribution in [0.3, 0.4) is 0 Å². The van der Waals surface area contributed by atoms with Gasteiger partial charge >= 0.3 is 6.18 Å². The molecular weight excluding hydrogens is 307 g/mol. The van der Waals surface area contributed by atoms with Crippen molar-refractivity contribution in [2.45, 2.75) is 38.1 Å². The maximum atomic E-state index is 13.2. The molecule has 9 heteroatoms. The Morgan fingerprint density at radius 2 is 2.19 bits per heavy atom. The molecule has 21 heavy (non-hydrogen) atoms. The number of hydrazine groups is 1. The third-order valence-corrected chi connectivity index (χ3v) is 4.17. The number of ether oxygens (including phenoxy) is 1. The van der Waals surface area contributed by atoms with Crippen molar-refractivity contribution >= 4 is 16.8 Å². The fourth-order valence-electron chi connectivity index (χ4n) is 2.23. The van der Waals surface area contributed by atoms with Crippen LogP contribution < -0.4 is 5.43 Å². The van der Waals surface area contributed by atoms with E-state index in [0.717, 1.165) is 5.01 Å². The molecule has 0 aromatic heterocycles. The summed E-state index contributed by atoms with van der Waals surface area (Å²) in [6.45, 7) is 3.76. The summed E-state index contributed by atoms with van der Waals surface area (Å²) in [7, 11) is 2.69. The third kappa shape index (κ3) is 3.57. The summed E-state index contributed by atoms with van der Waals surface area (Å²) in [5.41, 5.74) is 2.35. The van der Waals surface area contributed by atoms with E-state index in [9.17, 15) is 13.2 Å². The van der Waals surface area contributed by atoms with Gasteiger partial charge in [-0.25, -0.2) is 5.01 Å². The van der Waals surface area contributed by atoms with Crippen LogP contribution in [0.15, 0.2) is 16.6 Å². The van der Waals surface area contributed by atoms with Gasteiger partial charge in [-0.1, -0.05) is 5.16 Å². The molecule has 0 saturated heterocycles. The first-order chi connectivity index (χ1) is 9.64. The second-order valence-electron chi connectivity index (χ2n) is 5.53. The summed E-state index contributed by atoms with van der Waals surface area (Å²) in [6.07, 6.45) is -3.78. The van der Waals surface area contributed by atoms with Crippen molar-refractivity contribution in [1.29, 1.82) is 0 Å². The first-order valence-electron chi connectivity index (χ1n) is 6.35. The topological polar surface area (TPSA) is 46.1 Å². The largest absolute Gasteiger partial charge is 0.482 e. The van der Waals surface area contributed by atoms with Crippen molar-refractivity contribution < 1.29 is 22.7 Å². The van der Waals surface area contributed by atoms with Crippen molar-refractivity contribution in [3.05, 3.63) is 11.5 Å². The highest BCUT2D eigenvalue weighted by Gasteiger charge is 2.50. The summed E-state index contributed by atoms with van der Waals surface area (Å²) >= 11 is 1.25. The van der Waals surface area contributed by atoms with Crippen LogP contribution in [-0.4, -0.2) is 47.8 Å². The Labute approximate surface area is 125 Å². The van der Waals surface area contributed by atoms with Crippen LogP contribution in [0.5, 0.6) is 0 Å². The van der Waals surface area contributed by atoms with E-state index in [2.05, 4.69) is 10.6 Å². The van der Waals surface area contributed by atoms with Crippen molar-refractivity contribution in [2.24, 2.45) is 5.16 Å². The fraction of sp³-hybridized carbons (Fsp3) is 0.750. The number of nitrogens with zero attached hydrogens (tertiary/aromatic N) is 2. The maximum Gasteiger partial charge on any atom is 0.409 e. The molecule has 0 bridgehead atoms. The Hall–Kier alpha value is -1.09. The zero-order chi connectivity index (χ0) is 15.8. The molecule has 5 nitrogen and oxygen atoms in total. The number of likely N-dealkylation sites (N-methyl/N-ethyl adjacent to an activating group) is 1. The summed E-state index contributed by atoms with van der Waals surface area (Å²) in [4.78, 5) is 5.21. The molecule has 120 valence electrons. The van der Waals surface area contributed by atoms with Crippen molar-refractivity contribution in [3.8, 4) is 0 Å². The van der Waals surface area contributed by atoms with E-state index >= 15 is 0 Å². The number of hydrogen-bond donors (Lipinski definition) is 1. The zero-order valence-electron chi connectivity index (χ0n) is 12.2. The number of hydrogen-bond acceptors (Lipinski definition) is 6. The molecule has 0 fully saturated rings. The van der Waals surface area contributed by atoms with Gasteiger partial charge in [0.25, 0.3) is 0 Å². The number of halogens is 3. The van der Waals surface area contributed by atoms with Crippen molar-refractivity contribution in [3.63, 3.8) is 0 Å². The number of oxime groups is 1. The maximum absolute atomic E-state index is 13.2. The summed E-state index contributed by atoms with van der Waals surface area (Å²) in [5.74, 6) is 0.286. The zero-order valence-corrected chi connectivity index (χ0v) is 13.1. The third-order valence-electron chi connectivity index (χ3n) is 3.17. The molecule has 2 heterocycles. The standard InChI is InChI=1S/C12H18F3N3O2S/c1-11(2)5-8(17-20-11)21-6-7-9(12(13,14)15)18(3)16-10(7)19-4/h9,16H,5-6H2,1-4H3. The lowest BCUT2D eigenvalue weighted by atomic mass is 10.1. The van der Waals surface area contributed by atoms with Gasteiger partial charge in [-0.3, -0.25) is 5.43 Å². The van der Waals surface area contributed by atoms with Crippen LogP contribution >= 0.6 is 11.8 Å². The van der Waals surface area contributed by atoms with E-state index in [-0.39, 0.29) is 17.2 Å². The van der Waals surface area contributed by atoms with Crippen LogP contribution in [0.2, 0.25) is 0 Å². The first kappa shape index (κ1) is 16.3. The smallest absolute Gasteiger partial charge is 0.409 e. The van der Waals surface area contributed by atoms with E-state index in [4.69, 9.17) is 9.57 Å². The van der Waals surface area contributed by atoms with Crippen LogP contribution in [-0.2, 0) is 9.57 Å². The molecule has 0 spiro atoms. The number of methoxy groups -OCH3 is 1. The lowest BCUT2D eigenvalue weighted by Crippen LogP contribution is -2.45. The minimum absolute atomic E-state index is 0.142. The van der Waals surface area contributed by atoms with Gasteiger partial charge in [0.15, 0.2) is 6.04 Å². The Morgan fingerprint density at radius 1 is 1.52 bits per heavy atom. The molecule has 0 saturated carbocycles. The molecule has 0 aromatic carbocycles. The predicted octanol–water partition coefficient (Wildman–Crippen LogP) is 2.47. The highest BCUT2D eigenvalue weighted by atomic mass is 32.2. The lowest BCUT2D eigenvalue weighted by Gasteiger charge is -2.24. The molecule has 2 rings (SSSR count). The minimum Gasteiger partial charge on any atom is -0.482 e. The normalized spacial score (nSPS) is 25.7. The Balaban J connectivity index is 2.08. The van der Waals surface area contributed by atoms with Crippen LogP contribution in [0.1, 0.15) is 20.3 Å². The highest BCUT2D eigenvalue weighted by Crippen LogP contribution is 2.37. The molecular formula is C12H18F3N3O2S. The monoisotopic (exact) mass is 325 g/mol.